The summed E-state index contributed by atoms with van der Waals surface area (Å²) in [4.78, 5) is 41.1. The number of carbonyl (C=O) groups is 2. The maximum Gasteiger partial charge on any atom is 0.256 e. The molecule has 3 N–H and O–H groups in total. The summed E-state index contributed by atoms with van der Waals surface area (Å²) >= 11 is 0. The third-order valence-electron chi connectivity index (χ3n) is 7.17. The van der Waals surface area contributed by atoms with E-state index in [2.05, 4.69) is 22.2 Å². The van der Waals surface area contributed by atoms with Gasteiger partial charge in [0.1, 0.15) is 28.7 Å². The number of carbonyl (C=O) groups excluding carboxylic acids is 2. The number of nitrogens with one attached hydrogen (secondary N) is 1. The summed E-state index contributed by atoms with van der Waals surface area (Å²) in [6, 6.07) is 12.7. The van der Waals surface area contributed by atoms with Crippen LogP contribution in [0.5, 0.6) is 0 Å². The number of rotatable bonds is 8. The van der Waals surface area contributed by atoms with E-state index in [-0.39, 0.29) is 23.8 Å². The van der Waals surface area contributed by atoms with Crippen LogP contribution in [0.25, 0.3) is 16.8 Å². The molecule has 3 aromatic heterocycles. The standard InChI is InChI=1S/C29H33N7O3/c1-3-39-17-13-24(37)36-18-22(8-7-19(36)2)28-34-25(26-27(30)32-15-16-35(26)28)20-9-11-21(12-10-20)29(38)33-23-6-4-5-14-31-23/h4-6,9-12,14-16,19,22H,3,7-8,13,17-18H2,1-2H3,(H2,30,32)(H,31,33,38)/t19-,22+/m1/s1. The van der Waals surface area contributed by atoms with Gasteiger partial charge in [0, 0.05) is 54.8 Å². The summed E-state index contributed by atoms with van der Waals surface area (Å²) < 4.78 is 7.39. The number of pyridine rings is 1. The Morgan fingerprint density at radius 3 is 2.67 bits per heavy atom. The number of amides is 2. The number of ether oxygens (including phenoxy) is 1. The lowest BCUT2D eigenvalue weighted by atomic mass is 9.92. The van der Waals surface area contributed by atoms with E-state index in [0.29, 0.717) is 54.6 Å². The van der Waals surface area contributed by atoms with Crippen LogP contribution in [-0.2, 0) is 9.53 Å². The number of benzene rings is 1. The molecule has 1 saturated heterocycles. The molecule has 5 rings (SSSR count). The Labute approximate surface area is 227 Å². The van der Waals surface area contributed by atoms with Gasteiger partial charge in [0.05, 0.1) is 13.0 Å². The van der Waals surface area contributed by atoms with Crippen molar-refractivity contribution >= 4 is 29.0 Å². The fraction of sp³-hybridized carbons (Fsp3) is 0.345. The third-order valence-corrected chi connectivity index (χ3v) is 7.17. The zero-order valence-corrected chi connectivity index (χ0v) is 22.2. The van der Waals surface area contributed by atoms with Crippen molar-refractivity contribution in [2.45, 2.75) is 45.1 Å². The first kappa shape index (κ1) is 26.3. The van der Waals surface area contributed by atoms with Crippen molar-refractivity contribution in [1.82, 2.24) is 24.3 Å². The van der Waals surface area contributed by atoms with Crippen molar-refractivity contribution < 1.29 is 14.3 Å². The number of nitrogen functional groups attached to an aromatic ring is 1. The predicted octanol–water partition coefficient (Wildman–Crippen LogP) is 4.15. The lowest BCUT2D eigenvalue weighted by molar-refractivity contribution is -0.136. The molecule has 0 unspecified atom stereocenters. The largest absolute Gasteiger partial charge is 0.382 e. The Morgan fingerprint density at radius 2 is 1.92 bits per heavy atom. The number of likely N-dealkylation sites (tertiary alicyclic amines) is 1. The van der Waals surface area contributed by atoms with Crippen LogP contribution in [0.4, 0.5) is 11.6 Å². The second-order valence-electron chi connectivity index (χ2n) is 9.71. The number of fused-ring (bicyclic) bond motifs is 1. The summed E-state index contributed by atoms with van der Waals surface area (Å²) in [6.45, 7) is 5.63. The van der Waals surface area contributed by atoms with Gasteiger partial charge in [0.2, 0.25) is 5.91 Å². The number of nitrogens with two attached hydrogens (primary N) is 1. The first-order valence-corrected chi connectivity index (χ1v) is 13.3. The van der Waals surface area contributed by atoms with E-state index in [1.54, 1.807) is 36.7 Å². The van der Waals surface area contributed by atoms with Gasteiger partial charge >= 0.3 is 0 Å². The highest BCUT2D eigenvalue weighted by atomic mass is 16.5. The molecule has 202 valence electrons. The fourth-order valence-corrected chi connectivity index (χ4v) is 5.09. The van der Waals surface area contributed by atoms with Crippen LogP contribution in [0.3, 0.4) is 0 Å². The van der Waals surface area contributed by atoms with Crippen molar-refractivity contribution in [3.05, 3.63) is 72.4 Å². The van der Waals surface area contributed by atoms with Gasteiger partial charge in [0.15, 0.2) is 0 Å². The average Bonchev–Trinajstić information content (AvgIpc) is 3.35. The molecule has 4 aromatic rings. The van der Waals surface area contributed by atoms with Crippen LogP contribution in [0.1, 0.15) is 55.2 Å². The number of hydrogen-bond acceptors (Lipinski definition) is 7. The van der Waals surface area contributed by atoms with Crippen LogP contribution < -0.4 is 11.1 Å². The smallest absolute Gasteiger partial charge is 0.256 e. The Balaban J connectivity index is 1.42. The normalized spacial score (nSPS) is 17.3. The molecule has 0 aliphatic carbocycles. The quantitative estimate of drug-likeness (QED) is 0.330. The van der Waals surface area contributed by atoms with E-state index in [1.807, 2.05) is 40.6 Å². The van der Waals surface area contributed by atoms with Crippen LogP contribution in [-0.4, -0.2) is 61.9 Å². The Morgan fingerprint density at radius 1 is 1.10 bits per heavy atom. The summed E-state index contributed by atoms with van der Waals surface area (Å²) in [7, 11) is 0. The van der Waals surface area contributed by atoms with Crippen molar-refractivity contribution in [3.63, 3.8) is 0 Å². The summed E-state index contributed by atoms with van der Waals surface area (Å²) in [5, 5.41) is 2.80. The molecule has 2 amide bonds. The van der Waals surface area contributed by atoms with Crippen LogP contribution in [0, 0.1) is 0 Å². The van der Waals surface area contributed by atoms with Crippen LogP contribution >= 0.6 is 0 Å². The minimum absolute atomic E-state index is 0.0451. The molecule has 2 atom stereocenters. The maximum atomic E-state index is 13.0. The van der Waals surface area contributed by atoms with Gasteiger partial charge in [-0.3, -0.25) is 14.0 Å². The lowest BCUT2D eigenvalue weighted by Crippen LogP contribution is -2.45. The van der Waals surface area contributed by atoms with E-state index in [9.17, 15) is 9.59 Å². The highest BCUT2D eigenvalue weighted by molar-refractivity contribution is 6.04. The van der Waals surface area contributed by atoms with Gasteiger partial charge in [-0.25, -0.2) is 15.0 Å². The van der Waals surface area contributed by atoms with Crippen molar-refractivity contribution in [3.8, 4) is 11.3 Å². The number of nitrogens with zero attached hydrogens (tertiary/aromatic N) is 5. The molecule has 0 bridgehead atoms. The molecule has 39 heavy (non-hydrogen) atoms. The third kappa shape index (κ3) is 5.61. The first-order chi connectivity index (χ1) is 19.0. The highest BCUT2D eigenvalue weighted by Gasteiger charge is 2.32. The molecular weight excluding hydrogens is 494 g/mol. The molecule has 1 aliphatic heterocycles. The number of anilines is 2. The number of hydrogen-bond donors (Lipinski definition) is 2. The van der Waals surface area contributed by atoms with E-state index < -0.39 is 0 Å². The van der Waals surface area contributed by atoms with Crippen molar-refractivity contribution in [2.75, 3.05) is 30.8 Å². The van der Waals surface area contributed by atoms with E-state index in [4.69, 9.17) is 15.5 Å². The molecule has 1 aliphatic rings. The van der Waals surface area contributed by atoms with E-state index in [0.717, 1.165) is 24.2 Å². The molecule has 0 saturated carbocycles. The van der Waals surface area contributed by atoms with E-state index >= 15 is 0 Å². The monoisotopic (exact) mass is 527 g/mol. The van der Waals surface area contributed by atoms with Gasteiger partial charge in [-0.1, -0.05) is 18.2 Å². The zero-order valence-electron chi connectivity index (χ0n) is 22.2. The van der Waals surface area contributed by atoms with Gasteiger partial charge < -0.3 is 20.7 Å². The molecule has 1 fully saturated rings. The predicted molar refractivity (Wildman–Crippen MR) is 149 cm³/mol. The molecule has 10 heteroatoms. The zero-order chi connectivity index (χ0) is 27.4. The molecule has 10 nitrogen and oxygen atoms in total. The topological polar surface area (TPSA) is 128 Å². The highest BCUT2D eigenvalue weighted by Crippen LogP contribution is 2.35. The molecule has 4 heterocycles. The van der Waals surface area contributed by atoms with Gasteiger partial charge in [-0.15, -0.1) is 0 Å². The summed E-state index contributed by atoms with van der Waals surface area (Å²) in [5.41, 5.74) is 9.08. The molecule has 1 aromatic carbocycles. The second kappa shape index (κ2) is 11.6. The first-order valence-electron chi connectivity index (χ1n) is 13.3. The summed E-state index contributed by atoms with van der Waals surface area (Å²) in [5.74, 6) is 1.61. The molecule has 0 radical (unpaired) electrons. The number of aromatic nitrogens is 4. The summed E-state index contributed by atoms with van der Waals surface area (Å²) in [6.07, 6.45) is 7.32. The fourth-order valence-electron chi connectivity index (χ4n) is 5.09. The molecule has 0 spiro atoms. The van der Waals surface area contributed by atoms with Gasteiger partial charge in [-0.05, 0) is 51.0 Å². The van der Waals surface area contributed by atoms with Crippen LogP contribution in [0.2, 0.25) is 0 Å². The van der Waals surface area contributed by atoms with Crippen LogP contribution in [0.15, 0.2) is 61.1 Å². The Kier molecular flexibility index (Phi) is 7.83. The number of imidazole rings is 1. The average molecular weight is 528 g/mol. The van der Waals surface area contributed by atoms with Crippen molar-refractivity contribution in [1.29, 1.82) is 0 Å². The maximum absolute atomic E-state index is 13.0. The SMILES string of the molecule is CCOCCC(=O)N1C[C@@H](c2nc(-c3ccc(C(=O)Nc4ccccn4)cc3)c3c(N)nccn23)CC[C@H]1C. The van der Waals surface area contributed by atoms with Gasteiger partial charge in [0.25, 0.3) is 5.91 Å². The molecular formula is C29H33N7O3. The van der Waals surface area contributed by atoms with Crippen molar-refractivity contribution in [2.24, 2.45) is 0 Å². The van der Waals surface area contributed by atoms with Gasteiger partial charge in [-0.2, -0.15) is 0 Å². The lowest BCUT2D eigenvalue weighted by Gasteiger charge is -2.37. The Bertz CT molecular complexity index is 1450. The van der Waals surface area contributed by atoms with E-state index in [1.165, 1.54) is 0 Å². The Hall–Kier alpha value is -4.31. The minimum Gasteiger partial charge on any atom is -0.382 e. The number of piperidine rings is 1. The second-order valence-corrected chi connectivity index (χ2v) is 9.71. The minimum atomic E-state index is -0.248.